The van der Waals surface area contributed by atoms with Gasteiger partial charge in [-0.3, -0.25) is 28.3 Å². The molecule has 0 amide bonds. The van der Waals surface area contributed by atoms with E-state index in [1.807, 2.05) is 72.8 Å². The molecule has 0 bridgehead atoms. The first-order valence-corrected chi connectivity index (χ1v) is 36.0. The highest BCUT2D eigenvalue weighted by molar-refractivity contribution is 6.32. The van der Waals surface area contributed by atoms with Crippen molar-refractivity contribution in [2.45, 2.75) is 51.6 Å². The van der Waals surface area contributed by atoms with E-state index in [0.29, 0.717) is 75.3 Å². The van der Waals surface area contributed by atoms with Gasteiger partial charge in [0.15, 0.2) is 34.2 Å². The highest BCUT2D eigenvalue weighted by Gasteiger charge is 2.33. The van der Waals surface area contributed by atoms with E-state index in [1.165, 1.54) is 16.7 Å². The van der Waals surface area contributed by atoms with Crippen molar-refractivity contribution < 1.29 is 51.4 Å². The zero-order valence-electron chi connectivity index (χ0n) is 58.3. The Labute approximate surface area is 605 Å². The number of aromatic nitrogens is 2. The number of anilines is 6. The van der Waals surface area contributed by atoms with Gasteiger partial charge in [0, 0.05) is 209 Å². The Hall–Kier alpha value is -9.19. The third kappa shape index (κ3) is 16.9. The van der Waals surface area contributed by atoms with Crippen LogP contribution < -0.4 is 91.8 Å². The fourth-order valence-corrected chi connectivity index (χ4v) is 14.9. The first-order valence-electron chi connectivity index (χ1n) is 35.3. The molecule has 18 rings (SSSR count). The fraction of sp³-hybridized carbons (Fsp3) is 0.432. The number of carbonyl (C=O) groups is 4. The molecular weight excluding hydrogens is 1370 g/mol. The number of hydrogen-bond donors (Lipinski definition) is 6. The average molecular weight is 1450 g/mol. The predicted molar refractivity (Wildman–Crippen MR) is 396 cm³/mol. The van der Waals surface area contributed by atoms with Crippen LogP contribution in [-0.4, -0.2) is 189 Å². The van der Waals surface area contributed by atoms with Crippen molar-refractivity contribution in [1.29, 1.82) is 0 Å². The lowest BCUT2D eigenvalue weighted by molar-refractivity contribution is -0.132. The molecule has 103 heavy (non-hydrogen) atoms. The molecule has 10 aliphatic heterocycles. The number of fused-ring (bicyclic) bond motifs is 6. The van der Waals surface area contributed by atoms with E-state index in [0.717, 1.165) is 212 Å². The number of halogens is 3. The topological polar surface area (TPSA) is 267 Å². The fourth-order valence-electron chi connectivity index (χ4n) is 14.5. The van der Waals surface area contributed by atoms with Crippen molar-refractivity contribution in [3.05, 3.63) is 150 Å². The van der Waals surface area contributed by atoms with Gasteiger partial charge in [0.25, 0.3) is 0 Å². The number of carbonyl (C=O) groups excluding carboxylic acids is 4. The van der Waals surface area contributed by atoms with Crippen LogP contribution in [0, 0.1) is 5.82 Å². The maximum Gasteiger partial charge on any atom is 0.419 e. The lowest BCUT2D eigenvalue weighted by atomic mass is 10.1. The van der Waals surface area contributed by atoms with Crippen LogP contribution in [-0.2, 0) is 59.0 Å². The molecule has 0 spiro atoms. The third-order valence-electron chi connectivity index (χ3n) is 19.4. The summed E-state index contributed by atoms with van der Waals surface area (Å²) in [5.74, 6) is 1.02. The summed E-state index contributed by atoms with van der Waals surface area (Å²) < 4.78 is 48.3. The second-order valence-corrected chi connectivity index (χ2v) is 27.6. The number of nitrogens with one attached hydrogen (secondary N) is 6. The Balaban J connectivity index is 0.000000110. The van der Waals surface area contributed by atoms with Gasteiger partial charge in [0.05, 0.1) is 70.8 Å². The van der Waals surface area contributed by atoms with Crippen molar-refractivity contribution in [3.63, 3.8) is 0 Å². The summed E-state index contributed by atoms with van der Waals surface area (Å²) >= 11 is 12.2. The van der Waals surface area contributed by atoms with Gasteiger partial charge in [-0.15, -0.1) is 0 Å². The molecule has 10 aliphatic rings. The summed E-state index contributed by atoms with van der Waals surface area (Å²) in [6.07, 6.45) is 1.32. The largest absolute Gasteiger partial charge is 0.424 e. The number of para-hydroxylation sites is 3. The highest BCUT2D eigenvalue weighted by Crippen LogP contribution is 2.42. The molecule has 12 heterocycles. The maximum absolute atomic E-state index is 13.5. The molecule has 0 saturated carbocycles. The summed E-state index contributed by atoms with van der Waals surface area (Å²) in [6, 6.07) is 28.9. The van der Waals surface area contributed by atoms with Crippen molar-refractivity contribution >= 4 is 103 Å². The number of oxazole rings is 2. The molecule has 6 aromatic carbocycles. The van der Waals surface area contributed by atoms with Gasteiger partial charge in [0.2, 0.25) is 0 Å². The number of nitrogens with zero attached hydrogens (tertiary/aromatic N) is 8. The molecule has 29 heteroatoms. The predicted octanol–water partition coefficient (Wildman–Crippen LogP) is 5.54. The average Bonchev–Trinajstić information content (AvgIpc) is 1.69. The Bertz CT molecular complexity index is 4460. The molecule has 0 aliphatic carbocycles. The monoisotopic (exact) mass is 1450 g/mol. The van der Waals surface area contributed by atoms with E-state index in [9.17, 15) is 33.2 Å². The van der Waals surface area contributed by atoms with Crippen LogP contribution in [0.3, 0.4) is 0 Å². The van der Waals surface area contributed by atoms with Crippen LogP contribution in [0.5, 0.6) is 23.0 Å². The molecule has 6 fully saturated rings. The Morgan fingerprint density at radius 1 is 0.379 bits per heavy atom. The van der Waals surface area contributed by atoms with Gasteiger partial charge in [-0.05, 0) is 68.4 Å². The smallest absolute Gasteiger partial charge is 0.419 e. The van der Waals surface area contributed by atoms with Crippen molar-refractivity contribution in [2.75, 3.05) is 173 Å². The molecule has 0 unspecified atom stereocenters. The molecule has 6 saturated heterocycles. The summed E-state index contributed by atoms with van der Waals surface area (Å²) in [5, 5.41) is 21.2. The molecule has 26 nitrogen and oxygen atoms in total. The number of hydrogen-bond acceptors (Lipinski definition) is 24. The van der Waals surface area contributed by atoms with E-state index in [2.05, 4.69) is 75.1 Å². The van der Waals surface area contributed by atoms with Gasteiger partial charge in [-0.25, -0.2) is 14.0 Å². The minimum atomic E-state index is -0.358. The van der Waals surface area contributed by atoms with Gasteiger partial charge < -0.3 is 89.1 Å². The first kappa shape index (κ1) is 72.2. The zero-order chi connectivity index (χ0) is 71.8. The minimum Gasteiger partial charge on any atom is -0.424 e. The summed E-state index contributed by atoms with van der Waals surface area (Å²) in [6.45, 7) is 24.6. The quantitative estimate of drug-likeness (QED) is 0.0882. The second-order valence-electron chi connectivity index (χ2n) is 26.8. The van der Waals surface area contributed by atoms with Gasteiger partial charge >= 0.3 is 35.4 Å². The number of ether oxygens (including phenoxy) is 4. The summed E-state index contributed by atoms with van der Waals surface area (Å²) in [4.78, 5) is 81.7. The first-order chi connectivity index (χ1) is 49.9. The number of aryl methyl sites for hydroxylation is 2. The summed E-state index contributed by atoms with van der Waals surface area (Å²) in [7, 11) is 3.42. The highest BCUT2D eigenvalue weighted by atomic mass is 35.5. The standard InChI is InChI=1S/C14H18N2O2.C12H14ClN3O2.C12H13ClN2O2.C12H13FN2O2.C12H15N3O2.C12H14N2O2/c1-9-7-16(8-10(2)15-9)12-5-3-4-11-6-13(17)18-14(11)12;1-15-9-6-8(13)7-10(11(9)18-12(15)17)16-4-2-14-3-5-16;2*13-9-5-8-6-11(16)17-12(8)10(7-9)15-3-1-14-2-4-15;1-14-9-3-2-4-10(11(9)17-12(14)16)15-7-5-13-6-8-15;15-11-8-9-2-1-3-10(12(9)16-11)14-6-4-13-5-7-14/h3-5,9-10,15H,6-8H2,1-2H3;6-7,14H,2-5H2,1H3;2*5,7,14H,1-4,6H2;2-4,13H,5-8H2,1H3;1-3,13H,4-8H2/t9-,10+;;;;;. The Morgan fingerprint density at radius 3 is 1.19 bits per heavy atom. The van der Waals surface area contributed by atoms with E-state index < -0.39 is 0 Å². The van der Waals surface area contributed by atoms with Crippen molar-refractivity contribution in [2.24, 2.45) is 14.1 Å². The summed E-state index contributed by atoms with van der Waals surface area (Å²) in [5.41, 5.74) is 12.2. The third-order valence-corrected chi connectivity index (χ3v) is 19.8. The number of piperazine rings is 6. The van der Waals surface area contributed by atoms with E-state index in [4.69, 9.17) is 51.0 Å². The number of rotatable bonds is 6. The van der Waals surface area contributed by atoms with Crippen LogP contribution in [0.15, 0.2) is 109 Å². The Kier molecular flexibility index (Phi) is 22.9. The molecule has 8 aromatic rings. The lowest BCUT2D eigenvalue weighted by Gasteiger charge is -2.38. The number of esters is 4. The van der Waals surface area contributed by atoms with Crippen LogP contribution in [0.1, 0.15) is 36.1 Å². The van der Waals surface area contributed by atoms with Crippen molar-refractivity contribution in [1.82, 2.24) is 41.0 Å². The minimum absolute atomic E-state index is 0.141. The molecular formula is C74H87Cl2FN14O12. The second kappa shape index (κ2) is 32.6. The van der Waals surface area contributed by atoms with E-state index >= 15 is 0 Å². The van der Waals surface area contributed by atoms with E-state index in [-0.39, 0.29) is 47.6 Å². The molecule has 2 aromatic heterocycles. The molecule has 2 atom stereocenters. The van der Waals surface area contributed by atoms with Crippen LogP contribution in [0.2, 0.25) is 10.0 Å². The molecule has 6 N–H and O–H groups in total. The van der Waals surface area contributed by atoms with Crippen LogP contribution in [0.4, 0.5) is 38.5 Å². The van der Waals surface area contributed by atoms with Crippen LogP contribution in [0.25, 0.3) is 22.2 Å². The molecule has 0 radical (unpaired) electrons. The van der Waals surface area contributed by atoms with Crippen LogP contribution >= 0.6 is 23.2 Å². The SMILES string of the molecule is C[C@@H]1CN(c2cccc3c2OC(=O)C3)C[C@H](C)N1.Cn1c(=O)oc2c(N3CCNCC3)cc(Cl)cc21.Cn1c(=O)oc2c(N3CCNCC3)cccc21.O=C1Cc2cc(Cl)cc(N3CCNCC3)c2O1.O=C1Cc2cc(F)cc(N3CCNCC3)c2O1.O=C1Cc2cccc(N3CCNCC3)c2O1. The van der Waals surface area contributed by atoms with Gasteiger partial charge in [0.1, 0.15) is 5.82 Å². The lowest BCUT2D eigenvalue weighted by Crippen LogP contribution is -2.54. The van der Waals surface area contributed by atoms with Gasteiger partial charge in [-0.2, -0.15) is 0 Å². The molecule has 546 valence electrons. The maximum atomic E-state index is 13.5. The van der Waals surface area contributed by atoms with Gasteiger partial charge in [-0.1, -0.05) is 53.5 Å². The number of benzene rings is 6. The zero-order valence-corrected chi connectivity index (χ0v) is 59.8. The Morgan fingerprint density at radius 2 is 0.718 bits per heavy atom. The normalized spacial score (nSPS) is 19.7. The van der Waals surface area contributed by atoms with Crippen molar-refractivity contribution in [3.8, 4) is 23.0 Å². The van der Waals surface area contributed by atoms with E-state index in [1.54, 1.807) is 24.7 Å².